The lowest BCUT2D eigenvalue weighted by Crippen LogP contribution is -1.97. The zero-order valence-electron chi connectivity index (χ0n) is 11.4. The number of halogens is 1. The number of rotatable bonds is 5. The molecule has 0 aliphatic heterocycles. The first-order chi connectivity index (χ1) is 9.69. The molecule has 0 bridgehead atoms. The largest absolute Gasteiger partial charge is 0.493 e. The Morgan fingerprint density at radius 2 is 1.65 bits per heavy atom. The number of para-hydroxylation sites is 1. The number of ether oxygens (including phenoxy) is 3. The summed E-state index contributed by atoms with van der Waals surface area (Å²) in [5.74, 6) is 2.15. The zero-order valence-corrected chi connectivity index (χ0v) is 12.1. The van der Waals surface area contributed by atoms with Gasteiger partial charge in [0.05, 0.1) is 19.2 Å². The molecule has 0 aliphatic rings. The molecule has 20 heavy (non-hydrogen) atoms. The Morgan fingerprint density at radius 1 is 1.00 bits per heavy atom. The summed E-state index contributed by atoms with van der Waals surface area (Å²) >= 11 is 6.19. The van der Waals surface area contributed by atoms with E-state index in [1.807, 2.05) is 12.1 Å². The van der Waals surface area contributed by atoms with Crippen molar-refractivity contribution in [2.75, 3.05) is 14.2 Å². The Labute approximate surface area is 123 Å². The van der Waals surface area contributed by atoms with Crippen LogP contribution in [-0.2, 0) is 6.54 Å². The third-order valence-corrected chi connectivity index (χ3v) is 3.12. The minimum Gasteiger partial charge on any atom is -0.493 e. The SMILES string of the molecule is COc1cccc(OC)c1Oc1ccc(CN)cc1Cl. The Kier molecular flexibility index (Phi) is 4.71. The van der Waals surface area contributed by atoms with Gasteiger partial charge < -0.3 is 19.9 Å². The standard InChI is InChI=1S/C15H16ClNO3/c1-18-13-4-3-5-14(19-2)15(13)20-12-7-6-10(9-17)8-11(12)16/h3-8H,9,17H2,1-2H3. The second kappa shape index (κ2) is 6.50. The molecule has 2 aromatic carbocycles. The Hall–Kier alpha value is -1.91. The highest BCUT2D eigenvalue weighted by atomic mass is 35.5. The minimum absolute atomic E-state index is 0.429. The van der Waals surface area contributed by atoms with Crippen LogP contribution in [0.5, 0.6) is 23.0 Å². The summed E-state index contributed by atoms with van der Waals surface area (Å²) < 4.78 is 16.4. The number of hydrogen-bond donors (Lipinski definition) is 1. The summed E-state index contributed by atoms with van der Waals surface area (Å²) in [5, 5.41) is 0.487. The van der Waals surface area contributed by atoms with E-state index in [2.05, 4.69) is 0 Å². The first-order valence-electron chi connectivity index (χ1n) is 6.07. The van der Waals surface area contributed by atoms with E-state index in [1.165, 1.54) is 0 Å². The maximum atomic E-state index is 6.19. The predicted molar refractivity (Wildman–Crippen MR) is 79.0 cm³/mol. The van der Waals surface area contributed by atoms with E-state index >= 15 is 0 Å². The summed E-state index contributed by atoms with van der Waals surface area (Å²) in [7, 11) is 3.14. The lowest BCUT2D eigenvalue weighted by molar-refractivity contribution is 0.346. The topological polar surface area (TPSA) is 53.7 Å². The van der Waals surface area contributed by atoms with E-state index in [0.29, 0.717) is 34.6 Å². The van der Waals surface area contributed by atoms with Crippen LogP contribution in [0.4, 0.5) is 0 Å². The fourth-order valence-electron chi connectivity index (χ4n) is 1.78. The number of hydrogen-bond acceptors (Lipinski definition) is 4. The van der Waals surface area contributed by atoms with Crippen molar-refractivity contribution in [1.82, 2.24) is 0 Å². The van der Waals surface area contributed by atoms with Gasteiger partial charge in [-0.15, -0.1) is 0 Å². The maximum Gasteiger partial charge on any atom is 0.211 e. The highest BCUT2D eigenvalue weighted by Crippen LogP contribution is 2.41. The molecule has 5 heteroatoms. The molecule has 0 atom stereocenters. The van der Waals surface area contributed by atoms with E-state index < -0.39 is 0 Å². The molecular weight excluding hydrogens is 278 g/mol. The molecule has 2 rings (SSSR count). The molecule has 0 fully saturated rings. The quantitative estimate of drug-likeness (QED) is 0.915. The Bertz CT molecular complexity index is 579. The van der Waals surface area contributed by atoms with Crippen molar-refractivity contribution in [3.05, 3.63) is 47.0 Å². The van der Waals surface area contributed by atoms with E-state index in [4.69, 9.17) is 31.5 Å². The number of benzene rings is 2. The zero-order chi connectivity index (χ0) is 14.5. The molecule has 2 aromatic rings. The van der Waals surface area contributed by atoms with Crippen molar-refractivity contribution in [2.45, 2.75) is 6.54 Å². The van der Waals surface area contributed by atoms with Gasteiger partial charge in [0.1, 0.15) is 5.75 Å². The van der Waals surface area contributed by atoms with Crippen LogP contribution in [0.3, 0.4) is 0 Å². The van der Waals surface area contributed by atoms with Crippen molar-refractivity contribution >= 4 is 11.6 Å². The van der Waals surface area contributed by atoms with Crippen molar-refractivity contribution < 1.29 is 14.2 Å². The highest BCUT2D eigenvalue weighted by molar-refractivity contribution is 6.32. The second-order valence-corrected chi connectivity index (χ2v) is 4.47. The fourth-order valence-corrected chi connectivity index (χ4v) is 2.02. The molecule has 0 heterocycles. The lowest BCUT2D eigenvalue weighted by atomic mass is 10.2. The number of nitrogens with two attached hydrogens (primary N) is 1. The van der Waals surface area contributed by atoms with Crippen LogP contribution in [-0.4, -0.2) is 14.2 Å². The smallest absolute Gasteiger partial charge is 0.211 e. The van der Waals surface area contributed by atoms with Gasteiger partial charge in [0.2, 0.25) is 5.75 Å². The lowest BCUT2D eigenvalue weighted by Gasteiger charge is -2.14. The average Bonchev–Trinajstić information content (AvgIpc) is 2.49. The van der Waals surface area contributed by atoms with E-state index in [0.717, 1.165) is 5.56 Å². The molecule has 0 aromatic heterocycles. The van der Waals surface area contributed by atoms with Gasteiger partial charge in [0.15, 0.2) is 11.5 Å². The van der Waals surface area contributed by atoms with E-state index in [9.17, 15) is 0 Å². The van der Waals surface area contributed by atoms with Crippen LogP contribution >= 0.6 is 11.6 Å². The van der Waals surface area contributed by atoms with Crippen LogP contribution < -0.4 is 19.9 Å². The third kappa shape index (κ3) is 2.98. The van der Waals surface area contributed by atoms with Gasteiger partial charge in [-0.1, -0.05) is 23.7 Å². The third-order valence-electron chi connectivity index (χ3n) is 2.83. The number of methoxy groups -OCH3 is 2. The van der Waals surface area contributed by atoms with Crippen LogP contribution in [0.1, 0.15) is 5.56 Å². The van der Waals surface area contributed by atoms with Crippen LogP contribution in [0.2, 0.25) is 5.02 Å². The van der Waals surface area contributed by atoms with Crippen LogP contribution in [0.25, 0.3) is 0 Å². The Balaban J connectivity index is 2.39. The van der Waals surface area contributed by atoms with Crippen molar-refractivity contribution in [3.63, 3.8) is 0 Å². The van der Waals surface area contributed by atoms with Crippen LogP contribution in [0, 0.1) is 0 Å². The molecule has 0 saturated heterocycles. The summed E-state index contributed by atoms with van der Waals surface area (Å²) in [6.07, 6.45) is 0. The van der Waals surface area contributed by atoms with Gasteiger partial charge in [-0.25, -0.2) is 0 Å². The molecule has 106 valence electrons. The minimum atomic E-state index is 0.429. The Morgan fingerprint density at radius 3 is 2.15 bits per heavy atom. The van der Waals surface area contributed by atoms with Gasteiger partial charge in [-0.2, -0.15) is 0 Å². The monoisotopic (exact) mass is 293 g/mol. The highest BCUT2D eigenvalue weighted by Gasteiger charge is 2.14. The van der Waals surface area contributed by atoms with E-state index in [1.54, 1.807) is 38.5 Å². The normalized spacial score (nSPS) is 10.2. The molecule has 0 spiro atoms. The molecule has 2 N–H and O–H groups in total. The van der Waals surface area contributed by atoms with Crippen molar-refractivity contribution in [1.29, 1.82) is 0 Å². The molecule has 0 amide bonds. The van der Waals surface area contributed by atoms with Crippen molar-refractivity contribution in [3.8, 4) is 23.0 Å². The second-order valence-electron chi connectivity index (χ2n) is 4.06. The molecular formula is C15H16ClNO3. The van der Waals surface area contributed by atoms with Gasteiger partial charge in [-0.05, 0) is 29.8 Å². The fraction of sp³-hybridized carbons (Fsp3) is 0.200. The van der Waals surface area contributed by atoms with Crippen molar-refractivity contribution in [2.24, 2.45) is 5.73 Å². The summed E-state index contributed by atoms with van der Waals surface area (Å²) in [6, 6.07) is 10.8. The van der Waals surface area contributed by atoms with Gasteiger partial charge in [0.25, 0.3) is 0 Å². The van der Waals surface area contributed by atoms with Crippen LogP contribution in [0.15, 0.2) is 36.4 Å². The molecule has 0 aliphatic carbocycles. The average molecular weight is 294 g/mol. The maximum absolute atomic E-state index is 6.19. The van der Waals surface area contributed by atoms with Gasteiger partial charge in [0, 0.05) is 6.54 Å². The molecule has 0 saturated carbocycles. The molecule has 4 nitrogen and oxygen atoms in total. The summed E-state index contributed by atoms with van der Waals surface area (Å²) in [6.45, 7) is 0.429. The van der Waals surface area contributed by atoms with Gasteiger partial charge in [-0.3, -0.25) is 0 Å². The molecule has 0 unspecified atom stereocenters. The summed E-state index contributed by atoms with van der Waals surface area (Å²) in [4.78, 5) is 0. The predicted octanol–water partition coefficient (Wildman–Crippen LogP) is 3.61. The first-order valence-corrected chi connectivity index (χ1v) is 6.44. The van der Waals surface area contributed by atoms with Gasteiger partial charge >= 0.3 is 0 Å². The first kappa shape index (κ1) is 14.5. The van der Waals surface area contributed by atoms with E-state index in [-0.39, 0.29) is 0 Å². The molecule has 0 radical (unpaired) electrons. The summed E-state index contributed by atoms with van der Waals surface area (Å²) in [5.41, 5.74) is 6.51.